The third-order valence-corrected chi connectivity index (χ3v) is 7.76. The number of aryl methyl sites for hydroxylation is 1. The molecule has 1 N–H and O–H groups in total. The molecular weight excluding hydrogens is 695 g/mol. The van der Waals surface area contributed by atoms with Gasteiger partial charge in [-0.05, 0) is 49.8 Å². The minimum absolute atomic E-state index is 0.0207. The molecule has 3 aliphatic rings. The number of carbonyl (C=O) groups excluding carboxylic acids is 2. The topological polar surface area (TPSA) is 122 Å². The number of esters is 1. The molecule has 10 nitrogen and oxygen atoms in total. The minimum atomic E-state index is -4.65. The summed E-state index contributed by atoms with van der Waals surface area (Å²) in [6.07, 6.45) is -7.25. The molecule has 0 aliphatic heterocycles. The molecule has 0 unspecified atom stereocenters. The molecule has 0 radical (unpaired) electrons. The number of hydrogen-bond acceptors (Lipinski definition) is 9. The third kappa shape index (κ3) is 11.9. The van der Waals surface area contributed by atoms with Crippen molar-refractivity contribution in [1.82, 2.24) is 15.5 Å². The Labute approximate surface area is 280 Å². The van der Waals surface area contributed by atoms with Crippen LogP contribution in [0.3, 0.4) is 0 Å². The van der Waals surface area contributed by atoms with Crippen molar-refractivity contribution >= 4 is 23.5 Å². The van der Waals surface area contributed by atoms with E-state index in [1.54, 1.807) is 24.3 Å². The maximum absolute atomic E-state index is 13.4. The van der Waals surface area contributed by atoms with Crippen LogP contribution in [-0.4, -0.2) is 60.2 Å². The molecule has 3 saturated carbocycles. The Hall–Kier alpha value is -3.96. The molecule has 1 heterocycles. The van der Waals surface area contributed by atoms with Crippen LogP contribution in [0, 0.1) is 5.82 Å². The van der Waals surface area contributed by atoms with Gasteiger partial charge in [0.1, 0.15) is 18.2 Å². The van der Waals surface area contributed by atoms with Crippen molar-refractivity contribution in [2.24, 2.45) is 0 Å². The van der Waals surface area contributed by atoms with Gasteiger partial charge in [-0.15, -0.1) is 36.5 Å². The van der Waals surface area contributed by atoms with Crippen molar-refractivity contribution in [3.8, 4) is 5.75 Å². The molecule has 2 bridgehead atoms. The van der Waals surface area contributed by atoms with Crippen LogP contribution in [0.5, 0.6) is 5.75 Å². The van der Waals surface area contributed by atoms with E-state index in [-0.39, 0.29) is 72.4 Å². The first kappa shape index (κ1) is 37.9. The van der Waals surface area contributed by atoms with Gasteiger partial charge in [0, 0.05) is 24.4 Å². The first-order valence-electron chi connectivity index (χ1n) is 14.9. The van der Waals surface area contributed by atoms with Crippen molar-refractivity contribution in [3.05, 3.63) is 76.7 Å². The fourth-order valence-electron chi connectivity index (χ4n) is 5.39. The van der Waals surface area contributed by atoms with Crippen LogP contribution in [-0.2, 0) is 42.2 Å². The number of rotatable bonds is 15. The minimum Gasteiger partial charge on any atom is -0.484 e. The molecular formula is C31H31ClF7N3O7. The number of carbonyl (C=O) groups is 2. The van der Waals surface area contributed by atoms with E-state index < -0.39 is 37.7 Å². The number of nitrogens with zero attached hydrogens (tertiary/aromatic N) is 2. The Kier molecular flexibility index (Phi) is 12.5. The van der Waals surface area contributed by atoms with Gasteiger partial charge in [0.05, 0.1) is 23.7 Å². The Morgan fingerprint density at radius 2 is 1.57 bits per heavy atom. The van der Waals surface area contributed by atoms with E-state index in [9.17, 15) is 40.3 Å². The molecule has 0 spiro atoms. The van der Waals surface area contributed by atoms with Crippen LogP contribution in [0.1, 0.15) is 55.9 Å². The monoisotopic (exact) mass is 725 g/mol. The molecule has 0 atom stereocenters. The van der Waals surface area contributed by atoms with Gasteiger partial charge in [-0.25, -0.2) is 4.39 Å². The molecule has 268 valence electrons. The van der Waals surface area contributed by atoms with Crippen LogP contribution in [0.2, 0.25) is 5.02 Å². The van der Waals surface area contributed by atoms with E-state index in [1.165, 1.54) is 12.1 Å². The van der Waals surface area contributed by atoms with Gasteiger partial charge < -0.3 is 19.2 Å². The molecule has 18 heteroatoms. The van der Waals surface area contributed by atoms with Crippen molar-refractivity contribution in [2.75, 3.05) is 19.8 Å². The Morgan fingerprint density at radius 3 is 2.20 bits per heavy atom. The molecule has 6 rings (SSSR count). The highest BCUT2D eigenvalue weighted by Crippen LogP contribution is 2.67. The molecule has 1 amide bonds. The summed E-state index contributed by atoms with van der Waals surface area (Å²) in [5, 5.41) is 10.8. The quantitative estimate of drug-likeness (QED) is 0.103. The zero-order valence-corrected chi connectivity index (χ0v) is 26.4. The largest absolute Gasteiger partial charge is 0.522 e. The molecule has 3 fully saturated rings. The second-order valence-corrected chi connectivity index (χ2v) is 11.9. The summed E-state index contributed by atoms with van der Waals surface area (Å²) in [4.78, 5) is 23.3. The molecule has 3 aromatic rings. The first-order valence-corrected chi connectivity index (χ1v) is 15.3. The molecule has 1 aromatic heterocycles. The number of alkyl halides is 6. The highest BCUT2D eigenvalue weighted by atomic mass is 35.5. The smallest absolute Gasteiger partial charge is 0.484 e. The lowest BCUT2D eigenvalue weighted by Gasteiger charge is -2.68. The maximum atomic E-state index is 13.4. The van der Waals surface area contributed by atoms with Gasteiger partial charge in [-0.2, -0.15) is 0 Å². The standard InChI is InChI=1S/C19H18ClF4N3O4.C12H13F3O3/c20-12-4-3-11(6-13(12)21)29-7-14(28)25-18-8-17(9-18,10-18)16-27-26-15(31-16)2-1-5-30-19(22,23)24;13-12(14,15)18-8-4-7-11(16)17-9-10-5-2-1-3-6-10/h3-4,6H,1-2,5,7-10H2,(H,25,28);1-3,5-6H,4,7-9H2. The fourth-order valence-corrected chi connectivity index (χ4v) is 5.51. The van der Waals surface area contributed by atoms with Gasteiger partial charge in [-0.3, -0.25) is 19.1 Å². The molecule has 0 saturated heterocycles. The zero-order chi connectivity index (χ0) is 35.7. The summed E-state index contributed by atoms with van der Waals surface area (Å²) in [5.41, 5.74) is 0.166. The molecule has 49 heavy (non-hydrogen) atoms. The summed E-state index contributed by atoms with van der Waals surface area (Å²) in [7, 11) is 0. The summed E-state index contributed by atoms with van der Waals surface area (Å²) in [6.45, 7) is -1.16. The normalized spacial score (nSPS) is 19.5. The van der Waals surface area contributed by atoms with E-state index in [0.29, 0.717) is 25.2 Å². The second-order valence-electron chi connectivity index (χ2n) is 11.4. The van der Waals surface area contributed by atoms with Crippen molar-refractivity contribution in [1.29, 1.82) is 0 Å². The Morgan fingerprint density at radius 1 is 0.918 bits per heavy atom. The average Bonchev–Trinajstić information content (AvgIpc) is 3.47. The fraction of sp³-hybridized carbons (Fsp3) is 0.484. The van der Waals surface area contributed by atoms with E-state index in [1.807, 2.05) is 6.07 Å². The maximum Gasteiger partial charge on any atom is 0.522 e. The number of nitrogens with one attached hydrogen (secondary N) is 1. The van der Waals surface area contributed by atoms with Crippen molar-refractivity contribution in [3.63, 3.8) is 0 Å². The van der Waals surface area contributed by atoms with Gasteiger partial charge in [-0.1, -0.05) is 41.9 Å². The van der Waals surface area contributed by atoms with Crippen LogP contribution in [0.15, 0.2) is 52.9 Å². The lowest BCUT2D eigenvalue weighted by molar-refractivity contribution is -0.325. The molecule has 3 aliphatic carbocycles. The highest BCUT2D eigenvalue weighted by molar-refractivity contribution is 6.30. The average molecular weight is 726 g/mol. The van der Waals surface area contributed by atoms with Crippen LogP contribution < -0.4 is 10.1 Å². The summed E-state index contributed by atoms with van der Waals surface area (Å²) in [5.74, 6) is -0.613. The van der Waals surface area contributed by atoms with Gasteiger partial charge in [0.2, 0.25) is 11.8 Å². The van der Waals surface area contributed by atoms with Crippen LogP contribution in [0.4, 0.5) is 30.7 Å². The number of ether oxygens (including phenoxy) is 4. The SMILES string of the molecule is O=C(CCCOC(F)(F)F)OCc1ccccc1.O=C(COc1ccc(Cl)c(F)c1)NC12CC(c3nnc(CCCOC(F)(F)F)o3)(C1)C2. The summed E-state index contributed by atoms with van der Waals surface area (Å²) in [6, 6.07) is 12.9. The number of benzene rings is 2. The number of hydrogen-bond donors (Lipinski definition) is 1. The lowest BCUT2D eigenvalue weighted by atomic mass is 9.39. The predicted octanol–water partition coefficient (Wildman–Crippen LogP) is 6.75. The number of halogens is 8. The summed E-state index contributed by atoms with van der Waals surface area (Å²) >= 11 is 5.60. The lowest BCUT2D eigenvalue weighted by Crippen LogP contribution is -2.77. The van der Waals surface area contributed by atoms with Gasteiger partial charge in [0.15, 0.2) is 6.61 Å². The number of amides is 1. The van der Waals surface area contributed by atoms with E-state index in [2.05, 4.69) is 25.0 Å². The number of aromatic nitrogens is 2. The van der Waals surface area contributed by atoms with Crippen molar-refractivity contribution in [2.45, 2.75) is 75.2 Å². The van der Waals surface area contributed by atoms with E-state index in [4.69, 9.17) is 25.5 Å². The van der Waals surface area contributed by atoms with Gasteiger partial charge >= 0.3 is 18.7 Å². The molecule has 2 aromatic carbocycles. The van der Waals surface area contributed by atoms with Gasteiger partial charge in [0.25, 0.3) is 5.91 Å². The third-order valence-electron chi connectivity index (χ3n) is 7.45. The Bertz CT molecular complexity index is 1530. The van der Waals surface area contributed by atoms with Crippen LogP contribution >= 0.6 is 11.6 Å². The second kappa shape index (κ2) is 16.2. The van der Waals surface area contributed by atoms with Crippen LogP contribution in [0.25, 0.3) is 0 Å². The zero-order valence-electron chi connectivity index (χ0n) is 25.7. The first-order chi connectivity index (χ1) is 23.1. The predicted molar refractivity (Wildman–Crippen MR) is 155 cm³/mol. The summed E-state index contributed by atoms with van der Waals surface area (Å²) < 4.78 is 107. The van der Waals surface area contributed by atoms with E-state index >= 15 is 0 Å². The highest BCUT2D eigenvalue weighted by Gasteiger charge is 2.71. The Balaban J connectivity index is 0.000000257. The van der Waals surface area contributed by atoms with E-state index in [0.717, 1.165) is 11.6 Å². The van der Waals surface area contributed by atoms with Crippen molar-refractivity contribution < 1.29 is 63.7 Å².